The number of hydrogen-bond acceptors (Lipinski definition) is 9. The normalized spacial score (nSPS) is 26.7. The molecule has 0 saturated heterocycles. The lowest BCUT2D eigenvalue weighted by Crippen LogP contribution is -2.46. The lowest BCUT2D eigenvalue weighted by Gasteiger charge is -2.30. The number of fused-ring (bicyclic) bond motifs is 2. The first-order chi connectivity index (χ1) is 13.5. The van der Waals surface area contributed by atoms with Gasteiger partial charge in [-0.15, -0.1) is 0 Å². The minimum absolute atomic E-state index is 0.0243. The maximum Gasteiger partial charge on any atom is 0.500 e. The molecule has 5 nitrogen and oxygen atoms in total. The molecule has 0 aromatic carbocycles. The van der Waals surface area contributed by atoms with Gasteiger partial charge in [0.05, 0.1) is 5.41 Å². The molecule has 2 bridgehead atoms. The van der Waals surface area contributed by atoms with Crippen molar-refractivity contribution in [3.05, 3.63) is 0 Å². The van der Waals surface area contributed by atoms with E-state index in [-0.39, 0.29) is 11.4 Å². The maximum atomic E-state index is 12.5. The van der Waals surface area contributed by atoms with Crippen molar-refractivity contribution in [2.24, 2.45) is 17.3 Å². The molecule has 10 heteroatoms. The molecular weight excluding hydrogens is 453 g/mol. The minimum atomic E-state index is -2.52. The quantitative estimate of drug-likeness (QED) is 0.113. The molecular formula is C18H34O5S4Si. The lowest BCUT2D eigenvalue weighted by atomic mass is 9.75. The maximum absolute atomic E-state index is 12.5. The molecule has 0 aliphatic heterocycles. The fourth-order valence-corrected chi connectivity index (χ4v) is 12.1. The van der Waals surface area contributed by atoms with Gasteiger partial charge in [0.2, 0.25) is 0 Å². The second-order valence-corrected chi connectivity index (χ2v) is 15.8. The molecule has 0 aromatic rings. The molecule has 3 unspecified atom stereocenters. The van der Waals surface area contributed by atoms with Crippen molar-refractivity contribution in [3.63, 3.8) is 0 Å². The molecule has 0 radical (unpaired) electrons. The Balaban J connectivity index is 1.56. The van der Waals surface area contributed by atoms with Crippen molar-refractivity contribution in [2.75, 3.05) is 25.6 Å². The molecule has 2 fully saturated rings. The number of carbonyl (C=O) groups excluding carboxylic acids is 1. The summed E-state index contributed by atoms with van der Waals surface area (Å²) in [6, 6.07) is 0.837. The molecule has 0 spiro atoms. The van der Waals surface area contributed by atoms with E-state index in [4.69, 9.17) is 17.5 Å². The first kappa shape index (κ1) is 25.2. The number of carbonyl (C=O) groups is 1. The van der Waals surface area contributed by atoms with E-state index in [0.717, 1.165) is 30.6 Å². The van der Waals surface area contributed by atoms with E-state index in [2.05, 4.69) is 6.92 Å². The highest BCUT2D eigenvalue weighted by atomic mass is 33.7. The largest absolute Gasteiger partial charge is 0.500 e. The minimum Gasteiger partial charge on any atom is -0.378 e. The SMILES string of the molecule is CCO[Si](CCCSSSSOC(=O)C1(C)CC2CCC1C2)(OCC)OCC. The van der Waals surface area contributed by atoms with Crippen LogP contribution in [0.25, 0.3) is 0 Å². The topological polar surface area (TPSA) is 54.0 Å². The van der Waals surface area contributed by atoms with E-state index in [1.807, 2.05) is 20.8 Å². The van der Waals surface area contributed by atoms with E-state index in [1.165, 1.54) is 40.2 Å². The average molecular weight is 487 g/mol. The Morgan fingerprint density at radius 1 is 1.07 bits per heavy atom. The van der Waals surface area contributed by atoms with Gasteiger partial charge in [-0.3, -0.25) is 4.79 Å². The molecule has 2 aliphatic rings. The molecule has 2 aliphatic carbocycles. The molecule has 2 saturated carbocycles. The van der Waals surface area contributed by atoms with Gasteiger partial charge in [0.15, 0.2) is 0 Å². The third-order valence-electron chi connectivity index (χ3n) is 5.64. The predicted molar refractivity (Wildman–Crippen MR) is 125 cm³/mol. The first-order valence-electron chi connectivity index (χ1n) is 10.3. The van der Waals surface area contributed by atoms with Crippen LogP contribution in [-0.4, -0.2) is 40.3 Å². The molecule has 0 aromatic heterocycles. The van der Waals surface area contributed by atoms with Crippen molar-refractivity contribution in [1.29, 1.82) is 0 Å². The summed E-state index contributed by atoms with van der Waals surface area (Å²) < 4.78 is 23.1. The van der Waals surface area contributed by atoms with Crippen molar-refractivity contribution >= 4 is 56.3 Å². The monoisotopic (exact) mass is 486 g/mol. The third kappa shape index (κ3) is 7.00. The van der Waals surface area contributed by atoms with Crippen molar-refractivity contribution in [2.45, 2.75) is 65.8 Å². The summed E-state index contributed by atoms with van der Waals surface area (Å²) in [6.07, 6.45) is 5.69. The van der Waals surface area contributed by atoms with Crippen LogP contribution in [0.2, 0.25) is 6.04 Å². The Morgan fingerprint density at radius 3 is 2.29 bits per heavy atom. The van der Waals surface area contributed by atoms with Crippen LogP contribution in [0.15, 0.2) is 0 Å². The molecule has 164 valence electrons. The molecule has 0 heterocycles. The fraction of sp³-hybridized carbons (Fsp3) is 0.944. The number of hydrogen-bond donors (Lipinski definition) is 0. The van der Waals surface area contributed by atoms with Gasteiger partial charge < -0.3 is 17.5 Å². The zero-order chi connectivity index (χ0) is 20.5. The van der Waals surface area contributed by atoms with Crippen LogP contribution >= 0.6 is 41.5 Å². The van der Waals surface area contributed by atoms with Crippen LogP contribution in [0.3, 0.4) is 0 Å². The molecule has 3 atom stereocenters. The van der Waals surface area contributed by atoms with E-state index in [9.17, 15) is 4.79 Å². The Bertz CT molecular complexity index is 470. The Labute approximate surface area is 186 Å². The first-order valence-corrected chi connectivity index (χ1v) is 17.1. The summed E-state index contributed by atoms with van der Waals surface area (Å²) in [4.78, 5) is 12.5. The summed E-state index contributed by atoms with van der Waals surface area (Å²) in [5.41, 5.74) is -0.250. The lowest BCUT2D eigenvalue weighted by molar-refractivity contribution is -0.146. The van der Waals surface area contributed by atoms with Gasteiger partial charge in [0.25, 0.3) is 0 Å². The van der Waals surface area contributed by atoms with E-state index in [1.54, 1.807) is 20.6 Å². The fourth-order valence-electron chi connectivity index (χ4n) is 4.41. The summed E-state index contributed by atoms with van der Waals surface area (Å²) in [6.45, 7) is 9.90. The Hall–Kier alpha value is 0.967. The van der Waals surface area contributed by atoms with Crippen LogP contribution in [0, 0.1) is 17.3 Å². The van der Waals surface area contributed by atoms with Crippen molar-refractivity contribution in [3.8, 4) is 0 Å². The summed E-state index contributed by atoms with van der Waals surface area (Å²) >= 11 is 1.21. The Morgan fingerprint density at radius 2 is 1.75 bits per heavy atom. The molecule has 0 N–H and O–H groups in total. The molecule has 28 heavy (non-hydrogen) atoms. The van der Waals surface area contributed by atoms with Crippen molar-refractivity contribution < 1.29 is 22.3 Å². The molecule has 0 amide bonds. The van der Waals surface area contributed by atoms with Gasteiger partial charge in [0, 0.05) is 41.4 Å². The second-order valence-electron chi connectivity index (χ2n) is 7.48. The van der Waals surface area contributed by atoms with Crippen molar-refractivity contribution in [1.82, 2.24) is 0 Å². The molecule has 2 rings (SSSR count). The average Bonchev–Trinajstić information content (AvgIpc) is 3.25. The van der Waals surface area contributed by atoms with Crippen LogP contribution in [0.5, 0.6) is 0 Å². The zero-order valence-corrected chi connectivity index (χ0v) is 21.7. The second kappa shape index (κ2) is 12.7. The van der Waals surface area contributed by atoms with E-state index < -0.39 is 8.80 Å². The summed E-state index contributed by atoms with van der Waals surface area (Å²) in [5, 5.41) is 0. The zero-order valence-electron chi connectivity index (χ0n) is 17.4. The number of rotatable bonds is 15. The van der Waals surface area contributed by atoms with Gasteiger partial charge in [-0.1, -0.05) is 17.2 Å². The van der Waals surface area contributed by atoms with Crippen LogP contribution in [0.1, 0.15) is 59.8 Å². The van der Waals surface area contributed by atoms with Gasteiger partial charge in [0.1, 0.15) is 11.1 Å². The highest BCUT2D eigenvalue weighted by molar-refractivity contribution is 9.25. The van der Waals surface area contributed by atoms with Gasteiger partial charge in [-0.05, 0) is 75.0 Å². The van der Waals surface area contributed by atoms with Crippen LogP contribution in [0.4, 0.5) is 0 Å². The van der Waals surface area contributed by atoms with Crippen LogP contribution < -0.4 is 0 Å². The summed E-state index contributed by atoms with van der Waals surface area (Å²) in [7, 11) is 2.42. The van der Waals surface area contributed by atoms with Gasteiger partial charge in [-0.25, -0.2) is 0 Å². The van der Waals surface area contributed by atoms with Gasteiger partial charge in [-0.2, -0.15) is 0 Å². The van der Waals surface area contributed by atoms with E-state index >= 15 is 0 Å². The highest BCUT2D eigenvalue weighted by Gasteiger charge is 2.53. The van der Waals surface area contributed by atoms with Crippen LogP contribution in [-0.2, 0) is 22.3 Å². The highest BCUT2D eigenvalue weighted by Crippen LogP contribution is 2.57. The predicted octanol–water partition coefficient (Wildman–Crippen LogP) is 6.39. The smallest absolute Gasteiger partial charge is 0.378 e. The van der Waals surface area contributed by atoms with Gasteiger partial charge >= 0.3 is 14.8 Å². The Kier molecular flexibility index (Phi) is 11.5. The standard InChI is InChI=1S/C18H34O5S4Si/c1-5-20-28(21-6-2,22-7-3)12-8-11-24-26-27-25-23-17(19)18(4)14-15-9-10-16(18)13-15/h15-16H,5-14H2,1-4H3. The third-order valence-corrected chi connectivity index (χ3v) is 14.4. The summed E-state index contributed by atoms with van der Waals surface area (Å²) in [5.74, 6) is 2.23. The van der Waals surface area contributed by atoms with E-state index in [0.29, 0.717) is 25.7 Å².